The van der Waals surface area contributed by atoms with E-state index in [4.69, 9.17) is 10.5 Å². The topological polar surface area (TPSA) is 55.6 Å². The first kappa shape index (κ1) is 15.3. The second kappa shape index (κ2) is 7.14. The number of hydrogen-bond donors (Lipinski definition) is 1. The van der Waals surface area contributed by atoms with Crippen molar-refractivity contribution in [3.05, 3.63) is 29.8 Å². The van der Waals surface area contributed by atoms with Crippen molar-refractivity contribution < 1.29 is 9.53 Å². The molecule has 0 bridgehead atoms. The maximum absolute atomic E-state index is 12.3. The summed E-state index contributed by atoms with van der Waals surface area (Å²) < 4.78 is 5.88. The predicted molar refractivity (Wildman–Crippen MR) is 87.0 cm³/mol. The van der Waals surface area contributed by atoms with Gasteiger partial charge in [0.25, 0.3) is 5.91 Å². The Kier molecular flexibility index (Phi) is 4.98. The summed E-state index contributed by atoms with van der Waals surface area (Å²) in [6.45, 7) is 2.23. The number of carbonyl (C=O) groups is 1. The van der Waals surface area contributed by atoms with Gasteiger partial charge in [0, 0.05) is 24.7 Å². The highest BCUT2D eigenvalue weighted by Gasteiger charge is 2.24. The van der Waals surface area contributed by atoms with Crippen LogP contribution >= 0.6 is 0 Å². The van der Waals surface area contributed by atoms with Gasteiger partial charge in [-0.3, -0.25) is 4.79 Å². The molecule has 1 heterocycles. The van der Waals surface area contributed by atoms with Crippen LogP contribution in [0.4, 0.5) is 0 Å². The van der Waals surface area contributed by atoms with Crippen molar-refractivity contribution in [2.24, 2.45) is 11.7 Å². The smallest absolute Gasteiger partial charge is 0.253 e. The maximum Gasteiger partial charge on any atom is 0.253 e. The van der Waals surface area contributed by atoms with Crippen LogP contribution in [0.25, 0.3) is 0 Å². The maximum atomic E-state index is 12.3. The fourth-order valence-electron chi connectivity index (χ4n) is 3.42. The number of nitrogens with zero attached hydrogens (tertiary/aromatic N) is 1. The summed E-state index contributed by atoms with van der Waals surface area (Å²) in [4.78, 5) is 14.2. The molecule has 4 nitrogen and oxygen atoms in total. The Balaban J connectivity index is 1.52. The van der Waals surface area contributed by atoms with Crippen molar-refractivity contribution in [2.45, 2.75) is 44.6 Å². The molecule has 4 heteroatoms. The van der Waals surface area contributed by atoms with Crippen LogP contribution in [-0.2, 0) is 0 Å². The van der Waals surface area contributed by atoms with Crippen LogP contribution in [0, 0.1) is 5.92 Å². The van der Waals surface area contributed by atoms with Crippen LogP contribution < -0.4 is 10.5 Å². The molecule has 1 aliphatic heterocycles. The van der Waals surface area contributed by atoms with Crippen molar-refractivity contribution in [1.82, 2.24) is 4.90 Å². The van der Waals surface area contributed by atoms with Crippen LogP contribution in [0.15, 0.2) is 24.3 Å². The zero-order valence-electron chi connectivity index (χ0n) is 13.2. The van der Waals surface area contributed by atoms with Crippen molar-refractivity contribution >= 4 is 5.91 Å². The summed E-state index contributed by atoms with van der Waals surface area (Å²) in [5.41, 5.74) is 6.58. The van der Waals surface area contributed by atoms with Gasteiger partial charge in [-0.1, -0.05) is 19.3 Å². The number of amides is 1. The standard InChI is InChI=1S/C18H26N2O2/c19-16-10-11-20(12-16)18(21)15-6-8-17(9-7-15)22-13-14-4-2-1-3-5-14/h6-9,14,16H,1-5,10-13,19H2/t16-/m1/s1. The average molecular weight is 302 g/mol. The lowest BCUT2D eigenvalue weighted by Crippen LogP contribution is -2.31. The molecule has 0 unspecified atom stereocenters. The molecule has 1 aromatic rings. The van der Waals surface area contributed by atoms with Crippen LogP contribution in [-0.4, -0.2) is 36.5 Å². The van der Waals surface area contributed by atoms with Crippen molar-refractivity contribution in [3.63, 3.8) is 0 Å². The first-order valence-electron chi connectivity index (χ1n) is 8.50. The van der Waals surface area contributed by atoms with Gasteiger partial charge in [-0.05, 0) is 49.4 Å². The van der Waals surface area contributed by atoms with E-state index in [1.165, 1.54) is 32.1 Å². The molecule has 3 rings (SSSR count). The van der Waals surface area contributed by atoms with E-state index in [-0.39, 0.29) is 11.9 Å². The van der Waals surface area contributed by atoms with Crippen LogP contribution in [0.3, 0.4) is 0 Å². The molecular weight excluding hydrogens is 276 g/mol. The molecule has 1 saturated carbocycles. The van der Waals surface area contributed by atoms with Crippen molar-refractivity contribution in [2.75, 3.05) is 19.7 Å². The van der Waals surface area contributed by atoms with Gasteiger partial charge in [-0.15, -0.1) is 0 Å². The van der Waals surface area contributed by atoms with Gasteiger partial charge in [-0.25, -0.2) is 0 Å². The lowest BCUT2D eigenvalue weighted by molar-refractivity contribution is 0.0791. The summed E-state index contributed by atoms with van der Waals surface area (Å²) in [5, 5.41) is 0. The van der Waals surface area contributed by atoms with Gasteiger partial charge < -0.3 is 15.4 Å². The minimum Gasteiger partial charge on any atom is -0.493 e. The van der Waals surface area contributed by atoms with E-state index in [0.29, 0.717) is 12.5 Å². The van der Waals surface area contributed by atoms with Gasteiger partial charge >= 0.3 is 0 Å². The molecule has 1 atom stereocenters. The number of benzene rings is 1. The Morgan fingerprint density at radius 2 is 1.86 bits per heavy atom. The normalized spacial score (nSPS) is 22.8. The number of nitrogens with two attached hydrogens (primary N) is 1. The molecule has 0 spiro atoms. The quantitative estimate of drug-likeness (QED) is 0.930. The molecule has 2 fully saturated rings. The lowest BCUT2D eigenvalue weighted by atomic mass is 9.90. The monoisotopic (exact) mass is 302 g/mol. The molecule has 22 heavy (non-hydrogen) atoms. The number of rotatable bonds is 4. The zero-order valence-corrected chi connectivity index (χ0v) is 13.2. The Labute approximate surface area is 132 Å². The summed E-state index contributed by atoms with van der Waals surface area (Å²) >= 11 is 0. The summed E-state index contributed by atoms with van der Waals surface area (Å²) in [7, 11) is 0. The van der Waals surface area contributed by atoms with E-state index < -0.39 is 0 Å². The van der Waals surface area contributed by atoms with E-state index in [0.717, 1.165) is 30.9 Å². The van der Waals surface area contributed by atoms with Crippen LogP contribution in [0.1, 0.15) is 48.9 Å². The molecule has 2 aliphatic rings. The number of carbonyl (C=O) groups excluding carboxylic acids is 1. The Morgan fingerprint density at radius 1 is 1.14 bits per heavy atom. The predicted octanol–water partition coefficient (Wildman–Crippen LogP) is 2.82. The summed E-state index contributed by atoms with van der Waals surface area (Å²) in [5.74, 6) is 1.63. The number of ether oxygens (including phenoxy) is 1. The minimum atomic E-state index is 0.0757. The Bertz CT molecular complexity index is 494. The Morgan fingerprint density at radius 3 is 2.50 bits per heavy atom. The highest BCUT2D eigenvalue weighted by atomic mass is 16.5. The Hall–Kier alpha value is -1.55. The molecule has 2 N–H and O–H groups in total. The molecule has 120 valence electrons. The van der Waals surface area contributed by atoms with Crippen molar-refractivity contribution in [3.8, 4) is 5.75 Å². The third-order valence-corrected chi connectivity index (χ3v) is 4.82. The van der Waals surface area contributed by atoms with Gasteiger partial charge in [0.05, 0.1) is 6.61 Å². The van der Waals surface area contributed by atoms with Gasteiger partial charge in [0.2, 0.25) is 0 Å². The fraction of sp³-hybridized carbons (Fsp3) is 0.611. The molecule has 1 saturated heterocycles. The summed E-state index contributed by atoms with van der Waals surface area (Å²) in [6, 6.07) is 7.67. The highest BCUT2D eigenvalue weighted by molar-refractivity contribution is 5.94. The second-order valence-electron chi connectivity index (χ2n) is 6.64. The van der Waals surface area contributed by atoms with E-state index in [1.807, 2.05) is 29.2 Å². The van der Waals surface area contributed by atoms with Crippen LogP contribution in [0.5, 0.6) is 5.75 Å². The SMILES string of the molecule is N[C@@H]1CCN(C(=O)c2ccc(OCC3CCCCC3)cc2)C1. The van der Waals surface area contributed by atoms with E-state index >= 15 is 0 Å². The third kappa shape index (κ3) is 3.80. The number of likely N-dealkylation sites (tertiary alicyclic amines) is 1. The molecule has 0 aromatic heterocycles. The molecule has 0 radical (unpaired) electrons. The molecule has 1 amide bonds. The van der Waals surface area contributed by atoms with Gasteiger partial charge in [0.15, 0.2) is 0 Å². The molecular formula is C18H26N2O2. The summed E-state index contributed by atoms with van der Waals surface area (Å²) in [6.07, 6.45) is 7.50. The first-order valence-corrected chi connectivity index (χ1v) is 8.50. The van der Waals surface area contributed by atoms with Crippen LogP contribution in [0.2, 0.25) is 0 Å². The van der Waals surface area contributed by atoms with Crippen molar-refractivity contribution in [1.29, 1.82) is 0 Å². The molecule has 1 aliphatic carbocycles. The van der Waals surface area contributed by atoms with E-state index in [1.54, 1.807) is 0 Å². The van der Waals surface area contributed by atoms with E-state index in [2.05, 4.69) is 0 Å². The molecule has 1 aromatic carbocycles. The third-order valence-electron chi connectivity index (χ3n) is 4.82. The number of hydrogen-bond acceptors (Lipinski definition) is 3. The van der Waals surface area contributed by atoms with Gasteiger partial charge in [-0.2, -0.15) is 0 Å². The fourth-order valence-corrected chi connectivity index (χ4v) is 3.42. The lowest BCUT2D eigenvalue weighted by Gasteiger charge is -2.21. The van der Waals surface area contributed by atoms with E-state index in [9.17, 15) is 4.79 Å². The highest BCUT2D eigenvalue weighted by Crippen LogP contribution is 2.25. The minimum absolute atomic E-state index is 0.0757. The first-order chi connectivity index (χ1) is 10.7. The second-order valence-corrected chi connectivity index (χ2v) is 6.64. The average Bonchev–Trinajstić information content (AvgIpc) is 3.00. The zero-order chi connectivity index (χ0) is 15.4. The largest absolute Gasteiger partial charge is 0.493 e. The van der Waals surface area contributed by atoms with Gasteiger partial charge in [0.1, 0.15) is 5.75 Å².